The van der Waals surface area contributed by atoms with Crippen LogP contribution in [0.5, 0.6) is 0 Å². The van der Waals surface area contributed by atoms with Gasteiger partial charge in [0.2, 0.25) is 0 Å². The van der Waals surface area contributed by atoms with Gasteiger partial charge in [0.25, 0.3) is 5.91 Å². The van der Waals surface area contributed by atoms with Crippen LogP contribution in [0.25, 0.3) is 0 Å². The highest BCUT2D eigenvalue weighted by Gasteiger charge is 2.17. The first-order valence-electron chi connectivity index (χ1n) is 7.40. The van der Waals surface area contributed by atoms with Crippen molar-refractivity contribution >= 4 is 17.6 Å². The van der Waals surface area contributed by atoms with E-state index in [9.17, 15) is 9.59 Å². The second-order valence-corrected chi connectivity index (χ2v) is 5.75. The lowest BCUT2D eigenvalue weighted by Crippen LogP contribution is -2.27. The van der Waals surface area contributed by atoms with E-state index in [1.165, 1.54) is 22.6 Å². The number of benzene rings is 1. The van der Waals surface area contributed by atoms with Crippen LogP contribution in [0.3, 0.4) is 0 Å². The Morgan fingerprint density at radius 1 is 1.09 bits per heavy atom. The van der Waals surface area contributed by atoms with Gasteiger partial charge in [0.05, 0.1) is 11.3 Å². The lowest BCUT2D eigenvalue weighted by molar-refractivity contribution is 0.0695. The molecule has 1 aromatic carbocycles. The molecule has 1 heterocycles. The first-order chi connectivity index (χ1) is 10.8. The molecule has 120 valence electrons. The number of aromatic carboxylic acids is 1. The summed E-state index contributed by atoms with van der Waals surface area (Å²) in [5, 5.41) is 9.02. The zero-order valence-corrected chi connectivity index (χ0v) is 13.7. The van der Waals surface area contributed by atoms with Crippen molar-refractivity contribution < 1.29 is 14.7 Å². The molecular formula is C18H20N2O3. The summed E-state index contributed by atoms with van der Waals surface area (Å²) in [6.07, 6.45) is 0. The van der Waals surface area contributed by atoms with Gasteiger partial charge in [-0.3, -0.25) is 4.79 Å². The van der Waals surface area contributed by atoms with Gasteiger partial charge in [-0.2, -0.15) is 0 Å². The summed E-state index contributed by atoms with van der Waals surface area (Å²) >= 11 is 0. The van der Waals surface area contributed by atoms with Crippen LogP contribution < -0.4 is 4.90 Å². The summed E-state index contributed by atoms with van der Waals surface area (Å²) in [4.78, 5) is 29.1. The average molecular weight is 312 g/mol. The van der Waals surface area contributed by atoms with Crippen LogP contribution in [0, 0.1) is 6.92 Å². The van der Waals surface area contributed by atoms with Gasteiger partial charge < -0.3 is 10.0 Å². The maximum absolute atomic E-state index is 12.5. The molecule has 0 saturated heterocycles. The number of carbonyl (C=O) groups excluding carboxylic acids is 1. The quantitative estimate of drug-likeness (QED) is 0.938. The highest BCUT2D eigenvalue weighted by Crippen LogP contribution is 2.20. The van der Waals surface area contributed by atoms with Gasteiger partial charge in [-0.25, -0.2) is 9.78 Å². The highest BCUT2D eigenvalue weighted by atomic mass is 16.4. The molecule has 0 aliphatic carbocycles. The highest BCUT2D eigenvalue weighted by molar-refractivity contribution is 6.04. The minimum atomic E-state index is -1.05. The van der Waals surface area contributed by atoms with Gasteiger partial charge in [0, 0.05) is 12.7 Å². The zero-order valence-electron chi connectivity index (χ0n) is 13.7. The molecule has 2 rings (SSSR count). The van der Waals surface area contributed by atoms with E-state index < -0.39 is 5.97 Å². The Labute approximate surface area is 135 Å². The predicted molar refractivity (Wildman–Crippen MR) is 89.2 cm³/mol. The first kappa shape index (κ1) is 16.7. The second-order valence-electron chi connectivity index (χ2n) is 5.75. The smallest absolute Gasteiger partial charge is 0.337 e. The van der Waals surface area contributed by atoms with Crippen LogP contribution >= 0.6 is 0 Å². The van der Waals surface area contributed by atoms with Gasteiger partial charge in [-0.05, 0) is 42.7 Å². The lowest BCUT2D eigenvalue weighted by atomic mass is 10.0. The van der Waals surface area contributed by atoms with Crippen molar-refractivity contribution in [2.75, 3.05) is 11.9 Å². The third-order valence-electron chi connectivity index (χ3n) is 3.79. The van der Waals surface area contributed by atoms with Crippen molar-refractivity contribution in [1.82, 2.24) is 4.98 Å². The number of carbonyl (C=O) groups is 2. The first-order valence-corrected chi connectivity index (χ1v) is 7.40. The normalized spacial score (nSPS) is 10.7. The van der Waals surface area contributed by atoms with Crippen molar-refractivity contribution in [1.29, 1.82) is 0 Å². The minimum Gasteiger partial charge on any atom is -0.478 e. The summed E-state index contributed by atoms with van der Waals surface area (Å²) < 4.78 is 0. The average Bonchev–Trinajstić information content (AvgIpc) is 2.53. The molecular weight excluding hydrogens is 292 g/mol. The Hall–Kier alpha value is -2.69. The number of pyridine rings is 1. The number of hydrogen-bond donors (Lipinski definition) is 1. The molecule has 1 aromatic heterocycles. The number of amides is 1. The molecule has 1 N–H and O–H groups in total. The Morgan fingerprint density at radius 2 is 1.70 bits per heavy atom. The maximum atomic E-state index is 12.5. The molecule has 5 heteroatoms. The SMILES string of the molecule is Cc1nc(C(=O)N(C)c2ccc(C(C)C)cc2)ccc1C(=O)O. The van der Waals surface area contributed by atoms with Crippen LogP contribution in [-0.4, -0.2) is 29.0 Å². The molecule has 0 aliphatic heterocycles. The molecule has 23 heavy (non-hydrogen) atoms. The summed E-state index contributed by atoms with van der Waals surface area (Å²) in [6, 6.07) is 10.6. The molecule has 0 fully saturated rings. The molecule has 0 saturated carbocycles. The van der Waals surface area contributed by atoms with Gasteiger partial charge in [0.15, 0.2) is 0 Å². The largest absolute Gasteiger partial charge is 0.478 e. The minimum absolute atomic E-state index is 0.102. The van der Waals surface area contributed by atoms with Gasteiger partial charge in [0.1, 0.15) is 5.69 Å². The van der Waals surface area contributed by atoms with E-state index in [2.05, 4.69) is 18.8 Å². The van der Waals surface area contributed by atoms with Crippen molar-refractivity contribution in [2.24, 2.45) is 0 Å². The molecule has 0 radical (unpaired) electrons. The number of carboxylic acids is 1. The molecule has 0 unspecified atom stereocenters. The third kappa shape index (κ3) is 3.56. The van der Waals surface area contributed by atoms with Crippen LogP contribution in [0.1, 0.15) is 51.9 Å². The topological polar surface area (TPSA) is 70.5 Å². The van der Waals surface area contributed by atoms with Crippen molar-refractivity contribution in [3.05, 3.63) is 58.9 Å². The van der Waals surface area contributed by atoms with Gasteiger partial charge >= 0.3 is 5.97 Å². The van der Waals surface area contributed by atoms with Gasteiger partial charge in [-0.1, -0.05) is 26.0 Å². The second kappa shape index (κ2) is 6.60. The fourth-order valence-corrected chi connectivity index (χ4v) is 2.28. The zero-order chi connectivity index (χ0) is 17.1. The molecule has 0 aliphatic rings. The maximum Gasteiger partial charge on any atom is 0.337 e. The Kier molecular flexibility index (Phi) is 4.79. The summed E-state index contributed by atoms with van der Waals surface area (Å²) in [5.74, 6) is -0.896. The fourth-order valence-electron chi connectivity index (χ4n) is 2.28. The fraction of sp³-hybridized carbons (Fsp3) is 0.278. The molecule has 2 aromatic rings. The molecule has 0 spiro atoms. The summed E-state index contributed by atoms with van der Waals surface area (Å²) in [5.41, 5.74) is 2.62. The monoisotopic (exact) mass is 312 g/mol. The third-order valence-corrected chi connectivity index (χ3v) is 3.79. The van der Waals surface area contributed by atoms with Gasteiger partial charge in [-0.15, -0.1) is 0 Å². The van der Waals surface area contributed by atoms with E-state index in [1.54, 1.807) is 14.0 Å². The molecule has 0 atom stereocenters. The van der Waals surface area contributed by atoms with Crippen LogP contribution in [0.2, 0.25) is 0 Å². The molecule has 0 bridgehead atoms. The number of carboxylic acid groups (broad SMARTS) is 1. The lowest BCUT2D eigenvalue weighted by Gasteiger charge is -2.18. The number of anilines is 1. The number of aromatic nitrogens is 1. The summed E-state index contributed by atoms with van der Waals surface area (Å²) in [7, 11) is 1.68. The number of hydrogen-bond acceptors (Lipinski definition) is 3. The van der Waals surface area contributed by atoms with Crippen molar-refractivity contribution in [2.45, 2.75) is 26.7 Å². The van der Waals surface area contributed by atoms with Crippen molar-refractivity contribution in [3.63, 3.8) is 0 Å². The number of nitrogens with zero attached hydrogens (tertiary/aromatic N) is 2. The Morgan fingerprint density at radius 3 is 2.17 bits per heavy atom. The van der Waals surface area contributed by atoms with E-state index in [1.807, 2.05) is 24.3 Å². The van der Waals surface area contributed by atoms with Crippen molar-refractivity contribution in [3.8, 4) is 0 Å². The molecule has 5 nitrogen and oxygen atoms in total. The van der Waals surface area contributed by atoms with E-state index in [0.717, 1.165) is 5.69 Å². The van der Waals surface area contributed by atoms with E-state index in [0.29, 0.717) is 11.6 Å². The van der Waals surface area contributed by atoms with E-state index in [-0.39, 0.29) is 17.2 Å². The summed E-state index contributed by atoms with van der Waals surface area (Å²) in [6.45, 7) is 5.80. The van der Waals surface area contributed by atoms with E-state index in [4.69, 9.17) is 5.11 Å². The van der Waals surface area contributed by atoms with E-state index >= 15 is 0 Å². The number of aryl methyl sites for hydroxylation is 1. The van der Waals surface area contributed by atoms with Crippen LogP contribution in [0.4, 0.5) is 5.69 Å². The standard InChI is InChI=1S/C18H20N2O3/c1-11(2)13-5-7-14(8-6-13)20(4)17(21)16-10-9-15(18(22)23)12(3)19-16/h5-11H,1-4H3,(H,22,23). The van der Waals surface area contributed by atoms with Crippen LogP contribution in [-0.2, 0) is 0 Å². The Bertz CT molecular complexity index is 736. The predicted octanol–water partition coefficient (Wildman–Crippen LogP) is 3.49. The Balaban J connectivity index is 2.25. The van der Waals surface area contributed by atoms with Crippen LogP contribution in [0.15, 0.2) is 36.4 Å². The molecule has 1 amide bonds. The number of rotatable bonds is 4.